The number of piperidine rings is 1. The molecule has 1 aromatic rings. The molecule has 0 radical (unpaired) electrons. The Bertz CT molecular complexity index is 590. The van der Waals surface area contributed by atoms with Gasteiger partial charge >= 0.3 is 0 Å². The van der Waals surface area contributed by atoms with E-state index in [0.29, 0.717) is 5.92 Å². The molecule has 2 N–H and O–H groups in total. The van der Waals surface area contributed by atoms with Crippen LogP contribution in [0.25, 0.3) is 0 Å². The fraction of sp³-hybridized carbons (Fsp3) is 0.650. The van der Waals surface area contributed by atoms with Crippen molar-refractivity contribution in [1.29, 1.82) is 0 Å². The average Bonchev–Trinajstić information content (AvgIpc) is 3.16. The second kappa shape index (κ2) is 10.5. The number of hydrogen-bond acceptors (Lipinski definition) is 3. The third-order valence-electron chi connectivity index (χ3n) is 5.52. The van der Waals surface area contributed by atoms with Gasteiger partial charge in [-0.05, 0) is 68.3 Å². The lowest BCUT2D eigenvalue weighted by Crippen LogP contribution is -2.45. The van der Waals surface area contributed by atoms with Gasteiger partial charge in [-0.25, -0.2) is 0 Å². The van der Waals surface area contributed by atoms with Gasteiger partial charge in [-0.2, -0.15) is 0 Å². The third kappa shape index (κ3) is 5.59. The number of likely N-dealkylation sites (tertiary alicyclic amines) is 1. The Balaban J connectivity index is 0.00000243. The highest BCUT2D eigenvalue weighted by Gasteiger charge is 2.25. The SMILES string of the molecule is CCc1cccc(Cl)c1CN1CCCC(CNC(=O)C2CCCN2)C1.Cl. The molecule has 2 aliphatic heterocycles. The van der Waals surface area contributed by atoms with E-state index < -0.39 is 0 Å². The van der Waals surface area contributed by atoms with Crippen molar-refractivity contribution in [3.05, 3.63) is 34.3 Å². The second-order valence-electron chi connectivity index (χ2n) is 7.37. The molecule has 0 spiro atoms. The van der Waals surface area contributed by atoms with Gasteiger partial charge in [0.1, 0.15) is 0 Å². The molecule has 0 aromatic heterocycles. The van der Waals surface area contributed by atoms with Crippen LogP contribution in [0.5, 0.6) is 0 Å². The van der Waals surface area contributed by atoms with Gasteiger partial charge in [-0.3, -0.25) is 9.69 Å². The molecule has 2 saturated heterocycles. The number of hydrogen-bond donors (Lipinski definition) is 2. The molecule has 146 valence electrons. The van der Waals surface area contributed by atoms with Crippen molar-refractivity contribution in [3.63, 3.8) is 0 Å². The summed E-state index contributed by atoms with van der Waals surface area (Å²) < 4.78 is 0. The second-order valence-corrected chi connectivity index (χ2v) is 7.78. The maximum atomic E-state index is 12.2. The van der Waals surface area contributed by atoms with Crippen LogP contribution in [0, 0.1) is 5.92 Å². The zero-order valence-corrected chi connectivity index (χ0v) is 17.2. The topological polar surface area (TPSA) is 44.4 Å². The van der Waals surface area contributed by atoms with E-state index >= 15 is 0 Å². The van der Waals surface area contributed by atoms with Crippen LogP contribution in [-0.2, 0) is 17.8 Å². The third-order valence-corrected chi connectivity index (χ3v) is 5.88. The fourth-order valence-electron chi connectivity index (χ4n) is 4.07. The van der Waals surface area contributed by atoms with Crippen molar-refractivity contribution in [2.45, 2.75) is 51.6 Å². The van der Waals surface area contributed by atoms with Crippen LogP contribution in [0.3, 0.4) is 0 Å². The van der Waals surface area contributed by atoms with E-state index in [0.717, 1.165) is 57.0 Å². The van der Waals surface area contributed by atoms with Crippen molar-refractivity contribution in [2.75, 3.05) is 26.2 Å². The largest absolute Gasteiger partial charge is 0.354 e. The molecule has 0 bridgehead atoms. The Kier molecular flexibility index (Phi) is 8.68. The van der Waals surface area contributed by atoms with Crippen LogP contribution in [-0.4, -0.2) is 43.0 Å². The van der Waals surface area contributed by atoms with Gasteiger partial charge in [0, 0.05) is 24.7 Å². The number of amides is 1. The molecule has 26 heavy (non-hydrogen) atoms. The smallest absolute Gasteiger partial charge is 0.237 e. The molecule has 1 aromatic carbocycles. The summed E-state index contributed by atoms with van der Waals surface area (Å²) in [6, 6.07) is 6.23. The summed E-state index contributed by atoms with van der Waals surface area (Å²) in [6.45, 7) is 7.00. The molecule has 2 unspecified atom stereocenters. The number of benzene rings is 1. The summed E-state index contributed by atoms with van der Waals surface area (Å²) in [5.41, 5.74) is 2.61. The van der Waals surface area contributed by atoms with E-state index in [1.807, 2.05) is 12.1 Å². The summed E-state index contributed by atoms with van der Waals surface area (Å²) in [7, 11) is 0. The van der Waals surface area contributed by atoms with E-state index in [4.69, 9.17) is 11.6 Å². The summed E-state index contributed by atoms with van der Waals surface area (Å²) >= 11 is 6.45. The van der Waals surface area contributed by atoms with Crippen molar-refractivity contribution < 1.29 is 4.79 Å². The van der Waals surface area contributed by atoms with E-state index in [9.17, 15) is 4.79 Å². The van der Waals surface area contributed by atoms with Crippen molar-refractivity contribution >= 4 is 29.9 Å². The highest BCUT2D eigenvalue weighted by Crippen LogP contribution is 2.25. The summed E-state index contributed by atoms with van der Waals surface area (Å²) in [5, 5.41) is 7.30. The van der Waals surface area contributed by atoms with Gasteiger partial charge < -0.3 is 10.6 Å². The number of halogens is 2. The quantitative estimate of drug-likeness (QED) is 0.769. The minimum absolute atomic E-state index is 0. The molecule has 3 rings (SSSR count). The molecular weight excluding hydrogens is 369 g/mol. The number of carbonyl (C=O) groups is 1. The Hall–Kier alpha value is -0.810. The maximum absolute atomic E-state index is 12.2. The van der Waals surface area contributed by atoms with Crippen LogP contribution in [0.15, 0.2) is 18.2 Å². The normalized spacial score (nSPS) is 23.5. The summed E-state index contributed by atoms with van der Waals surface area (Å²) in [6.07, 6.45) is 5.46. The molecule has 6 heteroatoms. The zero-order valence-electron chi connectivity index (χ0n) is 15.6. The van der Waals surface area contributed by atoms with Gasteiger partial charge in [-0.15, -0.1) is 12.4 Å². The van der Waals surface area contributed by atoms with Crippen LogP contribution in [0.2, 0.25) is 5.02 Å². The monoisotopic (exact) mass is 399 g/mol. The van der Waals surface area contributed by atoms with E-state index in [1.54, 1.807) is 0 Å². The van der Waals surface area contributed by atoms with E-state index in [1.165, 1.54) is 24.0 Å². The highest BCUT2D eigenvalue weighted by atomic mass is 35.5. The Labute approximate surface area is 168 Å². The Morgan fingerprint density at radius 1 is 1.35 bits per heavy atom. The van der Waals surface area contributed by atoms with Gasteiger partial charge in [0.15, 0.2) is 0 Å². The minimum Gasteiger partial charge on any atom is -0.354 e. The lowest BCUT2D eigenvalue weighted by Gasteiger charge is -2.33. The fourth-order valence-corrected chi connectivity index (χ4v) is 4.33. The predicted octanol–water partition coefficient (Wildman–Crippen LogP) is 3.40. The molecule has 2 heterocycles. The molecule has 0 aliphatic carbocycles. The van der Waals surface area contributed by atoms with E-state index in [2.05, 4.69) is 28.5 Å². The number of rotatable bonds is 6. The molecule has 4 nitrogen and oxygen atoms in total. The number of nitrogens with one attached hydrogen (secondary N) is 2. The average molecular weight is 400 g/mol. The predicted molar refractivity (Wildman–Crippen MR) is 110 cm³/mol. The first-order valence-corrected chi connectivity index (χ1v) is 10.0. The summed E-state index contributed by atoms with van der Waals surface area (Å²) in [5.74, 6) is 0.709. The summed E-state index contributed by atoms with van der Waals surface area (Å²) in [4.78, 5) is 14.7. The zero-order chi connectivity index (χ0) is 17.6. The van der Waals surface area contributed by atoms with Crippen LogP contribution < -0.4 is 10.6 Å². The van der Waals surface area contributed by atoms with Gasteiger partial charge in [0.25, 0.3) is 0 Å². The molecule has 2 fully saturated rings. The van der Waals surface area contributed by atoms with Gasteiger partial charge in [-0.1, -0.05) is 30.7 Å². The first kappa shape index (κ1) is 21.5. The van der Waals surface area contributed by atoms with Crippen LogP contribution >= 0.6 is 24.0 Å². The lowest BCUT2D eigenvalue weighted by molar-refractivity contribution is -0.123. The Morgan fingerprint density at radius 2 is 2.19 bits per heavy atom. The number of nitrogens with zero attached hydrogens (tertiary/aromatic N) is 1. The van der Waals surface area contributed by atoms with Gasteiger partial charge in [0.2, 0.25) is 5.91 Å². The number of aryl methyl sites for hydroxylation is 1. The van der Waals surface area contributed by atoms with Crippen molar-refractivity contribution in [1.82, 2.24) is 15.5 Å². The maximum Gasteiger partial charge on any atom is 0.237 e. The van der Waals surface area contributed by atoms with Crippen molar-refractivity contribution in [3.8, 4) is 0 Å². The highest BCUT2D eigenvalue weighted by molar-refractivity contribution is 6.31. The minimum atomic E-state index is 0. The first-order chi connectivity index (χ1) is 12.2. The first-order valence-electron chi connectivity index (χ1n) is 9.67. The molecule has 2 atom stereocenters. The lowest BCUT2D eigenvalue weighted by atomic mass is 9.96. The molecule has 2 aliphatic rings. The Morgan fingerprint density at radius 3 is 2.92 bits per heavy atom. The molecular formula is C20H31Cl2N3O. The standard InChI is InChI=1S/C20H30ClN3O.ClH/c1-2-16-7-3-8-18(21)17(16)14-24-11-5-6-15(13-24)12-23-20(25)19-9-4-10-22-19;/h3,7-8,15,19,22H,2,4-6,9-14H2,1H3,(H,23,25);1H. The van der Waals surface area contributed by atoms with Crippen LogP contribution in [0.4, 0.5) is 0 Å². The van der Waals surface area contributed by atoms with E-state index in [-0.39, 0.29) is 24.4 Å². The van der Waals surface area contributed by atoms with Crippen molar-refractivity contribution in [2.24, 2.45) is 5.92 Å². The van der Waals surface area contributed by atoms with Gasteiger partial charge in [0.05, 0.1) is 6.04 Å². The molecule has 1 amide bonds. The number of carbonyl (C=O) groups excluding carboxylic acids is 1. The van der Waals surface area contributed by atoms with Crippen LogP contribution in [0.1, 0.15) is 43.7 Å². The molecule has 0 saturated carbocycles.